The third kappa shape index (κ3) is 3.10. The van der Waals surface area contributed by atoms with E-state index in [1.165, 1.54) is 0 Å². The van der Waals surface area contributed by atoms with Gasteiger partial charge in [-0.2, -0.15) is 4.31 Å². The smallest absolute Gasteiger partial charge is 0.247 e. The fourth-order valence-corrected chi connectivity index (χ4v) is 5.32. The van der Waals surface area contributed by atoms with E-state index in [1.54, 1.807) is 17.4 Å². The van der Waals surface area contributed by atoms with Crippen LogP contribution in [0.5, 0.6) is 0 Å². The molecule has 1 aliphatic rings. The molecule has 7 heteroatoms. The molecule has 0 amide bonds. The highest BCUT2D eigenvalue weighted by molar-refractivity contribution is 9.10. The molecule has 0 aliphatic carbocycles. The number of rotatable bonds is 4. The predicted octanol–water partition coefficient (Wildman–Crippen LogP) is 2.57. The van der Waals surface area contributed by atoms with Crippen LogP contribution in [0.3, 0.4) is 0 Å². The van der Waals surface area contributed by atoms with Crippen molar-refractivity contribution >= 4 is 26.0 Å². The van der Waals surface area contributed by atoms with Crippen LogP contribution in [-0.2, 0) is 16.6 Å². The van der Waals surface area contributed by atoms with E-state index in [4.69, 9.17) is 4.42 Å². The number of hydrogen-bond donors (Lipinski definition) is 1. The molecular weight excluding hydrogens is 344 g/mol. The van der Waals surface area contributed by atoms with Crippen LogP contribution in [0.15, 0.2) is 20.0 Å². The second-order valence-corrected chi connectivity index (χ2v) is 8.05. The molecule has 0 aromatic carbocycles. The molecule has 0 spiro atoms. The molecule has 1 N–H and O–H groups in total. The number of nitrogens with one attached hydrogen (secondary N) is 1. The Morgan fingerprint density at radius 2 is 2.20 bits per heavy atom. The first-order valence-corrected chi connectivity index (χ1v) is 9.04. The molecule has 1 aromatic rings. The van der Waals surface area contributed by atoms with Gasteiger partial charge in [0.25, 0.3) is 0 Å². The normalized spacial score (nSPS) is 25.0. The highest BCUT2D eigenvalue weighted by Crippen LogP contribution is 2.33. The summed E-state index contributed by atoms with van der Waals surface area (Å²) in [4.78, 5) is 0.226. The molecule has 2 rings (SSSR count). The summed E-state index contributed by atoms with van der Waals surface area (Å²) in [5.74, 6) is 1.18. The molecule has 0 saturated carbocycles. The fourth-order valence-electron chi connectivity index (χ4n) is 2.70. The van der Waals surface area contributed by atoms with Crippen LogP contribution in [-0.4, -0.2) is 32.4 Å². The molecule has 114 valence electrons. The minimum absolute atomic E-state index is 0.0262. The fraction of sp³-hybridized carbons (Fsp3) is 0.692. The van der Waals surface area contributed by atoms with E-state index in [2.05, 4.69) is 28.2 Å². The Morgan fingerprint density at radius 1 is 1.50 bits per heavy atom. The summed E-state index contributed by atoms with van der Waals surface area (Å²) >= 11 is 3.22. The van der Waals surface area contributed by atoms with Gasteiger partial charge >= 0.3 is 0 Å². The lowest BCUT2D eigenvalue weighted by atomic mass is 9.95. The topological polar surface area (TPSA) is 62.6 Å². The Morgan fingerprint density at radius 3 is 2.80 bits per heavy atom. The molecule has 1 saturated heterocycles. The van der Waals surface area contributed by atoms with Crippen molar-refractivity contribution in [2.45, 2.75) is 44.2 Å². The highest BCUT2D eigenvalue weighted by atomic mass is 79.9. The first-order valence-electron chi connectivity index (χ1n) is 6.81. The molecule has 1 aromatic heterocycles. The lowest BCUT2D eigenvalue weighted by Crippen LogP contribution is -2.44. The predicted molar refractivity (Wildman–Crippen MR) is 80.9 cm³/mol. The first-order chi connectivity index (χ1) is 9.36. The van der Waals surface area contributed by atoms with E-state index >= 15 is 0 Å². The number of piperidine rings is 1. The second kappa shape index (κ2) is 6.17. The molecule has 1 aliphatic heterocycles. The van der Waals surface area contributed by atoms with Gasteiger partial charge in [0, 0.05) is 18.7 Å². The molecule has 2 unspecified atom stereocenters. The van der Waals surface area contributed by atoms with Gasteiger partial charge in [0.05, 0.1) is 6.54 Å². The van der Waals surface area contributed by atoms with Gasteiger partial charge in [-0.05, 0) is 48.7 Å². The molecule has 2 heterocycles. The summed E-state index contributed by atoms with van der Waals surface area (Å²) in [5, 5.41) is 2.95. The maximum absolute atomic E-state index is 12.8. The lowest BCUT2D eigenvalue weighted by Gasteiger charge is -2.35. The van der Waals surface area contributed by atoms with Crippen molar-refractivity contribution < 1.29 is 12.8 Å². The molecule has 1 fully saturated rings. The zero-order valence-corrected chi connectivity index (χ0v) is 14.4. The van der Waals surface area contributed by atoms with E-state index in [0.29, 0.717) is 24.8 Å². The molecule has 2 atom stereocenters. The van der Waals surface area contributed by atoms with E-state index in [0.717, 1.165) is 12.8 Å². The van der Waals surface area contributed by atoms with Crippen LogP contribution in [0.2, 0.25) is 0 Å². The number of hydrogen-bond acceptors (Lipinski definition) is 4. The Labute approximate surface area is 128 Å². The van der Waals surface area contributed by atoms with Crippen molar-refractivity contribution in [2.75, 3.05) is 13.6 Å². The number of nitrogens with zero attached hydrogens (tertiary/aromatic N) is 1. The molecular formula is C13H21BrN2O3S. The lowest BCUT2D eigenvalue weighted by molar-refractivity contribution is 0.220. The Bertz CT molecular complexity index is 570. The standard InChI is InChI=1S/C13H21BrN2O3S/c1-9-4-5-16(10(2)6-9)20(17,18)12-7-11(8-15-3)19-13(12)14/h7,9-10,15H,4-6,8H2,1-3H3. The zero-order chi connectivity index (χ0) is 14.9. The Balaban J connectivity index is 2.30. The van der Waals surface area contributed by atoms with E-state index in [9.17, 15) is 8.42 Å². The van der Waals surface area contributed by atoms with E-state index in [1.807, 2.05) is 6.92 Å². The van der Waals surface area contributed by atoms with Gasteiger partial charge in [-0.3, -0.25) is 0 Å². The van der Waals surface area contributed by atoms with Crippen LogP contribution in [0, 0.1) is 5.92 Å². The summed E-state index contributed by atoms with van der Waals surface area (Å²) in [5.41, 5.74) is 0. The quantitative estimate of drug-likeness (QED) is 0.891. The van der Waals surface area contributed by atoms with Crippen LogP contribution < -0.4 is 5.32 Å². The molecule has 0 radical (unpaired) electrons. The van der Waals surface area contributed by atoms with Gasteiger partial charge in [0.2, 0.25) is 10.0 Å². The minimum atomic E-state index is -3.50. The van der Waals surface area contributed by atoms with E-state index < -0.39 is 10.0 Å². The Kier molecular flexibility index (Phi) is 4.94. The van der Waals surface area contributed by atoms with Crippen molar-refractivity contribution in [1.82, 2.24) is 9.62 Å². The highest BCUT2D eigenvalue weighted by Gasteiger charge is 2.35. The summed E-state index contributed by atoms with van der Waals surface area (Å²) < 4.78 is 32.8. The van der Waals surface area contributed by atoms with Gasteiger partial charge < -0.3 is 9.73 Å². The van der Waals surface area contributed by atoms with Crippen molar-refractivity contribution in [3.63, 3.8) is 0 Å². The molecule has 20 heavy (non-hydrogen) atoms. The van der Waals surface area contributed by atoms with Crippen molar-refractivity contribution in [3.8, 4) is 0 Å². The maximum Gasteiger partial charge on any atom is 0.247 e. The summed E-state index contributed by atoms with van der Waals surface area (Å²) in [7, 11) is -1.71. The van der Waals surface area contributed by atoms with E-state index in [-0.39, 0.29) is 15.6 Å². The number of furan rings is 1. The monoisotopic (exact) mass is 364 g/mol. The third-order valence-corrected chi connectivity index (χ3v) is 6.59. The Hall–Kier alpha value is -0.370. The van der Waals surface area contributed by atoms with Crippen LogP contribution in [0.1, 0.15) is 32.4 Å². The van der Waals surface area contributed by atoms with Crippen LogP contribution in [0.25, 0.3) is 0 Å². The van der Waals surface area contributed by atoms with Gasteiger partial charge in [-0.15, -0.1) is 0 Å². The summed E-state index contributed by atoms with van der Waals surface area (Å²) in [6.07, 6.45) is 1.81. The molecule has 0 bridgehead atoms. The zero-order valence-electron chi connectivity index (χ0n) is 12.0. The van der Waals surface area contributed by atoms with Crippen LogP contribution in [0.4, 0.5) is 0 Å². The maximum atomic E-state index is 12.8. The number of sulfonamides is 1. The van der Waals surface area contributed by atoms with Gasteiger partial charge in [0.15, 0.2) is 4.67 Å². The second-order valence-electron chi connectivity index (χ2n) is 5.48. The first kappa shape index (κ1) is 16.0. The number of halogens is 1. The SMILES string of the molecule is CNCc1cc(S(=O)(=O)N2CCC(C)CC2C)c(Br)o1. The third-order valence-electron chi connectivity index (χ3n) is 3.72. The summed E-state index contributed by atoms with van der Waals surface area (Å²) in [6, 6.07) is 1.62. The van der Waals surface area contributed by atoms with Gasteiger partial charge in [-0.25, -0.2) is 8.42 Å². The average Bonchev–Trinajstić information content (AvgIpc) is 2.71. The summed E-state index contributed by atoms with van der Waals surface area (Å²) in [6.45, 7) is 5.21. The minimum Gasteiger partial charge on any atom is -0.452 e. The average molecular weight is 365 g/mol. The van der Waals surface area contributed by atoms with Gasteiger partial charge in [0.1, 0.15) is 10.7 Å². The van der Waals surface area contributed by atoms with Crippen molar-refractivity contribution in [3.05, 3.63) is 16.5 Å². The van der Waals surface area contributed by atoms with Gasteiger partial charge in [-0.1, -0.05) is 6.92 Å². The largest absolute Gasteiger partial charge is 0.452 e. The molecule has 5 nitrogen and oxygen atoms in total. The van der Waals surface area contributed by atoms with Crippen LogP contribution >= 0.6 is 15.9 Å². The van der Waals surface area contributed by atoms with Crippen molar-refractivity contribution in [2.24, 2.45) is 5.92 Å². The van der Waals surface area contributed by atoms with Crippen molar-refractivity contribution in [1.29, 1.82) is 0 Å².